The van der Waals surface area contributed by atoms with Crippen LogP contribution in [0.5, 0.6) is 0 Å². The Labute approximate surface area is 105 Å². The zero-order valence-electron chi connectivity index (χ0n) is 10.4. The Morgan fingerprint density at radius 2 is 2.12 bits per heavy atom. The molecular formula is C11H16ClN5. The Hall–Kier alpha value is -1.36. The van der Waals surface area contributed by atoms with E-state index in [-0.39, 0.29) is 11.5 Å². The molecule has 0 saturated heterocycles. The molecule has 0 aromatic carbocycles. The van der Waals surface area contributed by atoms with E-state index in [0.717, 1.165) is 5.82 Å². The molecule has 2 heterocycles. The normalized spacial score (nSPS) is 13.9. The quantitative estimate of drug-likeness (QED) is 0.836. The summed E-state index contributed by atoms with van der Waals surface area (Å²) < 4.78 is 1.65. The molecule has 5 nitrogen and oxygen atoms in total. The number of rotatable bonds is 2. The van der Waals surface area contributed by atoms with Gasteiger partial charge < -0.3 is 5.32 Å². The molecule has 92 valence electrons. The summed E-state index contributed by atoms with van der Waals surface area (Å²) in [5.41, 5.74) is 0.142. The molecule has 0 saturated carbocycles. The Morgan fingerprint density at radius 3 is 2.76 bits per heavy atom. The molecule has 0 aliphatic carbocycles. The van der Waals surface area contributed by atoms with E-state index in [4.69, 9.17) is 11.6 Å². The van der Waals surface area contributed by atoms with E-state index in [1.807, 2.05) is 0 Å². The highest BCUT2D eigenvalue weighted by Crippen LogP contribution is 2.23. The highest BCUT2D eigenvalue weighted by atomic mass is 35.5. The van der Waals surface area contributed by atoms with Gasteiger partial charge in [-0.3, -0.25) is 0 Å². The number of aromatic nitrogens is 4. The molecular weight excluding hydrogens is 238 g/mol. The molecule has 6 heteroatoms. The highest BCUT2D eigenvalue weighted by molar-refractivity contribution is 6.29. The summed E-state index contributed by atoms with van der Waals surface area (Å²) in [5.74, 6) is 1.31. The van der Waals surface area contributed by atoms with E-state index in [9.17, 15) is 0 Å². The summed E-state index contributed by atoms with van der Waals surface area (Å²) >= 11 is 5.95. The molecule has 2 rings (SSSR count). The van der Waals surface area contributed by atoms with Crippen molar-refractivity contribution in [3.8, 4) is 0 Å². The van der Waals surface area contributed by atoms with Crippen LogP contribution in [0.15, 0.2) is 12.4 Å². The van der Waals surface area contributed by atoms with Gasteiger partial charge in [-0.15, -0.1) is 0 Å². The van der Waals surface area contributed by atoms with E-state index in [1.165, 1.54) is 6.33 Å². The minimum Gasteiger partial charge on any atom is -0.367 e. The average molecular weight is 254 g/mol. The van der Waals surface area contributed by atoms with Crippen LogP contribution in [0.4, 0.5) is 5.82 Å². The predicted molar refractivity (Wildman–Crippen MR) is 68.3 cm³/mol. The van der Waals surface area contributed by atoms with Crippen molar-refractivity contribution in [3.05, 3.63) is 17.5 Å². The van der Waals surface area contributed by atoms with Crippen molar-refractivity contribution >= 4 is 23.2 Å². The number of fused-ring (bicyclic) bond motifs is 1. The minimum atomic E-state index is 0.142. The predicted octanol–water partition coefficient (Wildman–Crippen LogP) is 2.62. The maximum atomic E-state index is 5.95. The maximum absolute atomic E-state index is 5.95. The molecule has 0 spiro atoms. The van der Waals surface area contributed by atoms with Gasteiger partial charge in [0.1, 0.15) is 17.3 Å². The Balaban J connectivity index is 2.38. The zero-order valence-corrected chi connectivity index (χ0v) is 11.2. The summed E-state index contributed by atoms with van der Waals surface area (Å²) in [4.78, 5) is 8.11. The fourth-order valence-electron chi connectivity index (χ4n) is 1.32. The van der Waals surface area contributed by atoms with E-state index in [1.54, 1.807) is 10.6 Å². The molecule has 1 unspecified atom stereocenters. The first kappa shape index (κ1) is 12.1. The number of halogens is 1. The molecule has 2 aromatic rings. The van der Waals surface area contributed by atoms with Crippen LogP contribution in [0, 0.1) is 5.41 Å². The molecule has 0 fully saturated rings. The van der Waals surface area contributed by atoms with Gasteiger partial charge >= 0.3 is 0 Å². The summed E-state index contributed by atoms with van der Waals surface area (Å²) in [7, 11) is 0. The minimum absolute atomic E-state index is 0.142. The van der Waals surface area contributed by atoms with Crippen LogP contribution in [0.2, 0.25) is 5.15 Å². The summed E-state index contributed by atoms with van der Waals surface area (Å²) in [6.07, 6.45) is 1.46. The summed E-state index contributed by atoms with van der Waals surface area (Å²) in [6, 6.07) is 2.03. The second-order valence-corrected chi connectivity index (χ2v) is 5.56. The van der Waals surface area contributed by atoms with E-state index in [2.05, 4.69) is 48.1 Å². The topological polar surface area (TPSA) is 55.1 Å². The number of hydrogen-bond acceptors (Lipinski definition) is 4. The van der Waals surface area contributed by atoms with Crippen LogP contribution in [-0.2, 0) is 0 Å². The van der Waals surface area contributed by atoms with Gasteiger partial charge in [0.25, 0.3) is 5.78 Å². The van der Waals surface area contributed by atoms with Crippen molar-refractivity contribution in [2.24, 2.45) is 5.41 Å². The lowest BCUT2D eigenvalue weighted by Crippen LogP contribution is -2.31. The molecule has 0 radical (unpaired) electrons. The lowest BCUT2D eigenvalue weighted by atomic mass is 9.88. The van der Waals surface area contributed by atoms with Crippen LogP contribution >= 0.6 is 11.6 Å². The number of anilines is 1. The van der Waals surface area contributed by atoms with Gasteiger partial charge in [0.2, 0.25) is 0 Å². The first-order chi connectivity index (χ1) is 7.88. The molecule has 0 amide bonds. The Kier molecular flexibility index (Phi) is 2.95. The summed E-state index contributed by atoms with van der Waals surface area (Å²) in [5, 5.41) is 7.92. The van der Waals surface area contributed by atoms with E-state index < -0.39 is 0 Å². The van der Waals surface area contributed by atoms with E-state index in [0.29, 0.717) is 10.9 Å². The summed E-state index contributed by atoms with van der Waals surface area (Å²) in [6.45, 7) is 8.64. The molecule has 2 aromatic heterocycles. The third-order valence-corrected chi connectivity index (χ3v) is 3.08. The first-order valence-corrected chi connectivity index (χ1v) is 5.88. The number of nitrogens with zero attached hydrogens (tertiary/aromatic N) is 4. The van der Waals surface area contributed by atoms with Gasteiger partial charge in [0, 0.05) is 12.1 Å². The average Bonchev–Trinajstić information content (AvgIpc) is 2.63. The van der Waals surface area contributed by atoms with Crippen LogP contribution in [-0.4, -0.2) is 25.6 Å². The third-order valence-electron chi connectivity index (χ3n) is 2.88. The van der Waals surface area contributed by atoms with Gasteiger partial charge in [-0.25, -0.2) is 0 Å². The van der Waals surface area contributed by atoms with Crippen LogP contribution in [0.3, 0.4) is 0 Å². The molecule has 0 bridgehead atoms. The number of nitrogens with one attached hydrogen (secondary N) is 1. The van der Waals surface area contributed by atoms with Crippen LogP contribution in [0.25, 0.3) is 5.78 Å². The van der Waals surface area contributed by atoms with Crippen molar-refractivity contribution < 1.29 is 0 Å². The van der Waals surface area contributed by atoms with Crippen molar-refractivity contribution in [2.75, 3.05) is 5.32 Å². The van der Waals surface area contributed by atoms with Gasteiger partial charge in [-0.2, -0.15) is 19.6 Å². The fraction of sp³-hybridized carbons (Fsp3) is 0.545. The largest absolute Gasteiger partial charge is 0.367 e. The molecule has 1 atom stereocenters. The molecule has 0 aliphatic heterocycles. The highest BCUT2D eigenvalue weighted by Gasteiger charge is 2.21. The first-order valence-electron chi connectivity index (χ1n) is 5.51. The van der Waals surface area contributed by atoms with Crippen LogP contribution < -0.4 is 5.32 Å². The van der Waals surface area contributed by atoms with Crippen LogP contribution in [0.1, 0.15) is 27.7 Å². The Bertz CT molecular complexity index is 528. The SMILES string of the molecule is CC(Nc1cc(Cl)nc2ncnn12)C(C)(C)C. The molecule has 0 aliphatic rings. The van der Waals surface area contributed by atoms with Gasteiger partial charge in [0.05, 0.1) is 0 Å². The standard InChI is InChI=1S/C11H16ClN5/c1-7(11(2,3)4)15-9-5-8(12)16-10-13-6-14-17(9)10/h5-7,15H,1-4H3. The zero-order chi connectivity index (χ0) is 12.6. The fourth-order valence-corrected chi connectivity index (χ4v) is 1.50. The van der Waals surface area contributed by atoms with Crippen molar-refractivity contribution in [3.63, 3.8) is 0 Å². The van der Waals surface area contributed by atoms with Crippen molar-refractivity contribution in [1.29, 1.82) is 0 Å². The van der Waals surface area contributed by atoms with Crippen molar-refractivity contribution in [2.45, 2.75) is 33.7 Å². The Morgan fingerprint density at radius 1 is 1.41 bits per heavy atom. The second-order valence-electron chi connectivity index (χ2n) is 5.17. The van der Waals surface area contributed by atoms with Gasteiger partial charge in [-0.1, -0.05) is 32.4 Å². The van der Waals surface area contributed by atoms with E-state index >= 15 is 0 Å². The van der Waals surface area contributed by atoms with Gasteiger partial charge in [-0.05, 0) is 12.3 Å². The lowest BCUT2D eigenvalue weighted by molar-refractivity contribution is 0.358. The number of hydrogen-bond donors (Lipinski definition) is 1. The lowest BCUT2D eigenvalue weighted by Gasteiger charge is -2.28. The monoisotopic (exact) mass is 253 g/mol. The maximum Gasteiger partial charge on any atom is 0.255 e. The third kappa shape index (κ3) is 2.49. The second kappa shape index (κ2) is 4.14. The smallest absolute Gasteiger partial charge is 0.255 e. The molecule has 17 heavy (non-hydrogen) atoms. The molecule has 1 N–H and O–H groups in total. The van der Waals surface area contributed by atoms with Crippen molar-refractivity contribution in [1.82, 2.24) is 19.6 Å². The van der Waals surface area contributed by atoms with Gasteiger partial charge in [0.15, 0.2) is 0 Å².